The van der Waals surface area contributed by atoms with Crippen molar-refractivity contribution in [3.05, 3.63) is 33.3 Å². The van der Waals surface area contributed by atoms with Crippen LogP contribution in [0.4, 0.5) is 0 Å². The lowest BCUT2D eigenvalue weighted by Gasteiger charge is -2.28. The van der Waals surface area contributed by atoms with E-state index in [1.807, 2.05) is 0 Å². The molecule has 1 aromatic carbocycles. The molecule has 98 valence electrons. The molecular weight excluding hydrogens is 318 g/mol. The standard InChI is InChI=1S/C13H15BrClNO2/c14-8-5-6-10(15)9(7-8)13(18)16-11-3-1-2-4-12(11)17/h5-7,11-12,17H,1-4H2,(H,16,18)/t11-,12-/m1/s1. The smallest absolute Gasteiger partial charge is 0.253 e. The number of halogens is 2. The van der Waals surface area contributed by atoms with E-state index in [-0.39, 0.29) is 11.9 Å². The molecule has 0 aliphatic heterocycles. The third kappa shape index (κ3) is 3.25. The van der Waals surface area contributed by atoms with E-state index < -0.39 is 6.10 Å². The molecule has 0 spiro atoms. The van der Waals surface area contributed by atoms with Gasteiger partial charge in [-0.1, -0.05) is 40.4 Å². The Morgan fingerprint density at radius 1 is 1.39 bits per heavy atom. The first kappa shape index (κ1) is 13.8. The van der Waals surface area contributed by atoms with Gasteiger partial charge in [0.25, 0.3) is 5.91 Å². The van der Waals surface area contributed by atoms with Gasteiger partial charge in [0.05, 0.1) is 22.7 Å². The van der Waals surface area contributed by atoms with Gasteiger partial charge >= 0.3 is 0 Å². The van der Waals surface area contributed by atoms with E-state index in [4.69, 9.17) is 11.6 Å². The van der Waals surface area contributed by atoms with E-state index in [1.165, 1.54) is 0 Å². The largest absolute Gasteiger partial charge is 0.391 e. The number of rotatable bonds is 2. The van der Waals surface area contributed by atoms with E-state index in [0.717, 1.165) is 30.2 Å². The third-order valence-corrected chi connectivity index (χ3v) is 4.04. The minimum Gasteiger partial charge on any atom is -0.391 e. The van der Waals surface area contributed by atoms with Gasteiger partial charge in [-0.2, -0.15) is 0 Å². The van der Waals surface area contributed by atoms with Crippen LogP contribution in [-0.4, -0.2) is 23.2 Å². The molecule has 2 atom stereocenters. The molecule has 0 unspecified atom stereocenters. The second-order valence-corrected chi connectivity index (χ2v) is 5.88. The highest BCUT2D eigenvalue weighted by Gasteiger charge is 2.25. The van der Waals surface area contributed by atoms with Gasteiger partial charge in [0, 0.05) is 4.47 Å². The normalized spacial score (nSPS) is 23.7. The Hall–Kier alpha value is -0.580. The highest BCUT2D eigenvalue weighted by Crippen LogP contribution is 2.23. The molecule has 2 N–H and O–H groups in total. The van der Waals surface area contributed by atoms with Gasteiger partial charge in [0.15, 0.2) is 0 Å². The number of aliphatic hydroxyl groups excluding tert-OH is 1. The lowest BCUT2D eigenvalue weighted by Crippen LogP contribution is -2.45. The summed E-state index contributed by atoms with van der Waals surface area (Å²) >= 11 is 9.31. The van der Waals surface area contributed by atoms with Crippen LogP contribution in [0.1, 0.15) is 36.0 Å². The zero-order chi connectivity index (χ0) is 13.1. The average molecular weight is 333 g/mol. The summed E-state index contributed by atoms with van der Waals surface area (Å²) in [5.74, 6) is -0.229. The Balaban J connectivity index is 2.09. The van der Waals surface area contributed by atoms with Gasteiger partial charge in [-0.25, -0.2) is 0 Å². The molecule has 1 aliphatic carbocycles. The number of benzene rings is 1. The van der Waals surface area contributed by atoms with Crippen LogP contribution in [-0.2, 0) is 0 Å². The summed E-state index contributed by atoms with van der Waals surface area (Å²) in [6.45, 7) is 0. The maximum atomic E-state index is 12.1. The van der Waals surface area contributed by atoms with Crippen molar-refractivity contribution in [3.8, 4) is 0 Å². The van der Waals surface area contributed by atoms with Gasteiger partial charge in [0.1, 0.15) is 0 Å². The van der Waals surface area contributed by atoms with E-state index in [1.54, 1.807) is 18.2 Å². The minimum absolute atomic E-state index is 0.165. The van der Waals surface area contributed by atoms with E-state index in [2.05, 4.69) is 21.2 Å². The first-order valence-electron chi connectivity index (χ1n) is 6.02. The van der Waals surface area contributed by atoms with E-state index in [9.17, 15) is 9.90 Å². The van der Waals surface area contributed by atoms with Crippen LogP contribution in [0.3, 0.4) is 0 Å². The Morgan fingerprint density at radius 2 is 2.11 bits per heavy atom. The summed E-state index contributed by atoms with van der Waals surface area (Å²) in [7, 11) is 0. The number of carbonyl (C=O) groups excluding carboxylic acids is 1. The topological polar surface area (TPSA) is 49.3 Å². The second-order valence-electron chi connectivity index (χ2n) is 4.56. The summed E-state index contributed by atoms with van der Waals surface area (Å²) in [5.41, 5.74) is 0.434. The second kappa shape index (κ2) is 6.04. The molecule has 0 bridgehead atoms. The van der Waals surface area contributed by atoms with Gasteiger partial charge in [-0.3, -0.25) is 4.79 Å². The Morgan fingerprint density at radius 3 is 2.83 bits per heavy atom. The Labute approximate surface area is 120 Å². The monoisotopic (exact) mass is 331 g/mol. The maximum absolute atomic E-state index is 12.1. The third-order valence-electron chi connectivity index (χ3n) is 3.22. The summed E-state index contributed by atoms with van der Waals surface area (Å²) in [5, 5.41) is 13.1. The highest BCUT2D eigenvalue weighted by atomic mass is 79.9. The summed E-state index contributed by atoms with van der Waals surface area (Å²) in [6, 6.07) is 4.99. The molecule has 0 heterocycles. The quantitative estimate of drug-likeness (QED) is 0.874. The lowest BCUT2D eigenvalue weighted by molar-refractivity contribution is 0.0717. The number of aliphatic hydroxyl groups is 1. The first-order chi connectivity index (χ1) is 8.58. The predicted molar refractivity (Wildman–Crippen MR) is 74.9 cm³/mol. The first-order valence-corrected chi connectivity index (χ1v) is 7.19. The molecule has 2 rings (SSSR count). The minimum atomic E-state index is -0.450. The Bertz CT molecular complexity index is 453. The van der Waals surface area contributed by atoms with Gasteiger partial charge in [-0.05, 0) is 31.0 Å². The fourth-order valence-corrected chi connectivity index (χ4v) is 2.76. The zero-order valence-corrected chi connectivity index (χ0v) is 12.2. The molecule has 0 saturated heterocycles. The average Bonchev–Trinajstić information content (AvgIpc) is 2.35. The molecule has 5 heteroatoms. The molecule has 1 aromatic rings. The van der Waals surface area contributed by atoms with Crippen molar-refractivity contribution in [2.45, 2.75) is 37.8 Å². The van der Waals surface area contributed by atoms with Crippen molar-refractivity contribution < 1.29 is 9.90 Å². The van der Waals surface area contributed by atoms with Crippen molar-refractivity contribution in [1.82, 2.24) is 5.32 Å². The number of carbonyl (C=O) groups is 1. The van der Waals surface area contributed by atoms with Crippen molar-refractivity contribution >= 4 is 33.4 Å². The fraction of sp³-hybridized carbons (Fsp3) is 0.462. The summed E-state index contributed by atoms with van der Waals surface area (Å²) < 4.78 is 0.807. The molecule has 0 radical (unpaired) electrons. The molecule has 1 saturated carbocycles. The van der Waals surface area contributed by atoms with Crippen LogP contribution in [0.2, 0.25) is 5.02 Å². The van der Waals surface area contributed by atoms with Crippen LogP contribution in [0.15, 0.2) is 22.7 Å². The van der Waals surface area contributed by atoms with Gasteiger partial charge < -0.3 is 10.4 Å². The molecule has 18 heavy (non-hydrogen) atoms. The lowest BCUT2D eigenvalue weighted by atomic mass is 9.92. The number of nitrogens with one attached hydrogen (secondary N) is 1. The summed E-state index contributed by atoms with van der Waals surface area (Å²) in [6.07, 6.45) is 3.17. The fourth-order valence-electron chi connectivity index (χ4n) is 2.20. The molecule has 0 aromatic heterocycles. The van der Waals surface area contributed by atoms with Crippen molar-refractivity contribution in [2.75, 3.05) is 0 Å². The van der Waals surface area contributed by atoms with Crippen LogP contribution in [0, 0.1) is 0 Å². The molecule has 1 amide bonds. The van der Waals surface area contributed by atoms with Crippen molar-refractivity contribution in [1.29, 1.82) is 0 Å². The number of amides is 1. The van der Waals surface area contributed by atoms with Crippen molar-refractivity contribution in [2.24, 2.45) is 0 Å². The van der Waals surface area contributed by atoms with Crippen LogP contribution in [0.25, 0.3) is 0 Å². The van der Waals surface area contributed by atoms with Gasteiger partial charge in [-0.15, -0.1) is 0 Å². The van der Waals surface area contributed by atoms with Crippen LogP contribution in [0.5, 0.6) is 0 Å². The molecular formula is C13H15BrClNO2. The van der Waals surface area contributed by atoms with Crippen LogP contribution >= 0.6 is 27.5 Å². The van der Waals surface area contributed by atoms with E-state index in [0.29, 0.717) is 10.6 Å². The maximum Gasteiger partial charge on any atom is 0.253 e. The highest BCUT2D eigenvalue weighted by molar-refractivity contribution is 9.10. The van der Waals surface area contributed by atoms with Crippen molar-refractivity contribution in [3.63, 3.8) is 0 Å². The molecule has 1 aliphatic rings. The Kier molecular flexibility index (Phi) is 4.65. The summed E-state index contributed by atoms with van der Waals surface area (Å²) in [4.78, 5) is 12.1. The number of hydrogen-bond donors (Lipinski definition) is 2. The molecule has 3 nitrogen and oxygen atoms in total. The molecule has 1 fully saturated rings. The van der Waals surface area contributed by atoms with Crippen LogP contribution < -0.4 is 5.32 Å². The van der Waals surface area contributed by atoms with Gasteiger partial charge in [0.2, 0.25) is 0 Å². The number of hydrogen-bond acceptors (Lipinski definition) is 2. The van der Waals surface area contributed by atoms with E-state index >= 15 is 0 Å². The predicted octanol–water partition coefficient (Wildman–Crippen LogP) is 3.14. The zero-order valence-electron chi connectivity index (χ0n) is 9.83. The SMILES string of the molecule is O=C(N[C@@H]1CCCC[C@H]1O)c1cc(Br)ccc1Cl.